The zero-order valence-electron chi connectivity index (χ0n) is 12.3. The third kappa shape index (κ3) is 3.93. The van der Waals surface area contributed by atoms with Crippen molar-refractivity contribution >= 4 is 5.65 Å². The van der Waals surface area contributed by atoms with Gasteiger partial charge in [0.1, 0.15) is 5.82 Å². The maximum atomic E-state index is 12.8. The summed E-state index contributed by atoms with van der Waals surface area (Å²) in [6, 6.07) is 2.14. The van der Waals surface area contributed by atoms with Gasteiger partial charge in [-0.25, -0.2) is 0 Å². The lowest BCUT2D eigenvalue weighted by Gasteiger charge is -2.22. The molecule has 0 saturated heterocycles. The van der Waals surface area contributed by atoms with Gasteiger partial charge < -0.3 is 5.73 Å². The van der Waals surface area contributed by atoms with Crippen LogP contribution in [-0.4, -0.2) is 20.6 Å². The van der Waals surface area contributed by atoms with Crippen LogP contribution in [0, 0.1) is 5.41 Å². The van der Waals surface area contributed by atoms with E-state index in [4.69, 9.17) is 5.73 Å². The van der Waals surface area contributed by atoms with Crippen molar-refractivity contribution in [3.63, 3.8) is 0 Å². The highest BCUT2D eigenvalue weighted by Crippen LogP contribution is 2.29. The third-order valence-corrected chi connectivity index (χ3v) is 3.12. The first kappa shape index (κ1) is 15.8. The van der Waals surface area contributed by atoms with Crippen molar-refractivity contribution in [1.29, 1.82) is 0 Å². The molecule has 0 radical (unpaired) electrons. The van der Waals surface area contributed by atoms with Gasteiger partial charge in [-0.1, -0.05) is 20.8 Å². The molecule has 0 amide bonds. The highest BCUT2D eigenvalue weighted by molar-refractivity contribution is 5.40. The Kier molecular flexibility index (Phi) is 3.97. The van der Waals surface area contributed by atoms with Crippen LogP contribution in [0.25, 0.3) is 5.65 Å². The molecule has 4 nitrogen and oxygen atoms in total. The number of halogens is 3. The maximum absolute atomic E-state index is 12.8. The minimum Gasteiger partial charge on any atom is -0.327 e. The monoisotopic (exact) mass is 300 g/mol. The summed E-state index contributed by atoms with van der Waals surface area (Å²) in [7, 11) is 0. The number of pyridine rings is 1. The number of nitrogens with two attached hydrogens (primary N) is 1. The molecular weight excluding hydrogens is 281 g/mol. The topological polar surface area (TPSA) is 56.2 Å². The Hall–Kier alpha value is -1.63. The molecule has 116 valence electrons. The van der Waals surface area contributed by atoms with Crippen molar-refractivity contribution in [3.8, 4) is 0 Å². The number of alkyl halides is 3. The van der Waals surface area contributed by atoms with E-state index in [1.165, 1.54) is 10.5 Å². The van der Waals surface area contributed by atoms with Gasteiger partial charge in [-0.05, 0) is 24.0 Å². The largest absolute Gasteiger partial charge is 0.417 e. The molecule has 2 aromatic rings. The Morgan fingerprint density at radius 1 is 1.19 bits per heavy atom. The van der Waals surface area contributed by atoms with Crippen molar-refractivity contribution in [2.24, 2.45) is 11.1 Å². The third-order valence-electron chi connectivity index (χ3n) is 3.12. The second-order valence-corrected chi connectivity index (χ2v) is 6.49. The van der Waals surface area contributed by atoms with Crippen molar-refractivity contribution in [2.45, 2.75) is 45.8 Å². The number of nitrogens with zero attached hydrogens (tertiary/aromatic N) is 3. The van der Waals surface area contributed by atoms with Crippen molar-refractivity contribution in [2.75, 3.05) is 0 Å². The summed E-state index contributed by atoms with van der Waals surface area (Å²) in [4.78, 5) is 0. The number of fused-ring (bicyclic) bond motifs is 1. The summed E-state index contributed by atoms with van der Waals surface area (Å²) in [6.45, 7) is 6.20. The summed E-state index contributed by atoms with van der Waals surface area (Å²) < 4.78 is 39.6. The van der Waals surface area contributed by atoms with Crippen LogP contribution in [0.15, 0.2) is 18.3 Å². The lowest BCUT2D eigenvalue weighted by Crippen LogP contribution is -2.29. The van der Waals surface area contributed by atoms with E-state index in [2.05, 4.69) is 31.0 Å². The predicted octanol–water partition coefficient (Wildman–Crippen LogP) is 3.05. The van der Waals surface area contributed by atoms with E-state index >= 15 is 0 Å². The molecule has 0 spiro atoms. The molecule has 0 aliphatic rings. The molecule has 2 N–H and O–H groups in total. The summed E-state index contributed by atoms with van der Waals surface area (Å²) in [6.07, 6.45) is -2.22. The van der Waals surface area contributed by atoms with E-state index in [-0.39, 0.29) is 11.5 Å². The van der Waals surface area contributed by atoms with Crippen LogP contribution in [0.4, 0.5) is 13.2 Å². The Balaban J connectivity index is 2.28. The minimum atomic E-state index is -4.39. The number of hydrogen-bond donors (Lipinski definition) is 1. The summed E-state index contributed by atoms with van der Waals surface area (Å²) in [5.74, 6) is 0.452. The van der Waals surface area contributed by atoms with Gasteiger partial charge in [-0.15, -0.1) is 10.2 Å². The lowest BCUT2D eigenvalue weighted by atomic mass is 9.87. The van der Waals surface area contributed by atoms with E-state index in [1.54, 1.807) is 0 Å². The zero-order valence-corrected chi connectivity index (χ0v) is 12.3. The van der Waals surface area contributed by atoms with Gasteiger partial charge in [-0.3, -0.25) is 4.40 Å². The van der Waals surface area contributed by atoms with Crippen LogP contribution < -0.4 is 5.73 Å². The van der Waals surface area contributed by atoms with Crippen molar-refractivity contribution in [3.05, 3.63) is 29.7 Å². The molecule has 7 heteroatoms. The Morgan fingerprint density at radius 2 is 1.86 bits per heavy atom. The molecule has 1 atom stereocenters. The highest BCUT2D eigenvalue weighted by atomic mass is 19.4. The molecule has 2 aromatic heterocycles. The molecule has 0 aliphatic heterocycles. The Labute approximate surface area is 121 Å². The van der Waals surface area contributed by atoms with Gasteiger partial charge in [0.15, 0.2) is 5.65 Å². The average Bonchev–Trinajstić information content (AvgIpc) is 2.68. The molecule has 21 heavy (non-hydrogen) atoms. The van der Waals surface area contributed by atoms with Crippen LogP contribution >= 0.6 is 0 Å². The number of aromatic nitrogens is 3. The molecule has 0 fully saturated rings. The molecule has 0 bridgehead atoms. The van der Waals surface area contributed by atoms with Crippen molar-refractivity contribution in [1.82, 2.24) is 14.6 Å². The molecule has 0 saturated carbocycles. The lowest BCUT2D eigenvalue weighted by molar-refractivity contribution is -0.137. The second-order valence-electron chi connectivity index (χ2n) is 6.49. The van der Waals surface area contributed by atoms with Crippen LogP contribution in [0.2, 0.25) is 0 Å². The van der Waals surface area contributed by atoms with Gasteiger partial charge in [0.05, 0.1) is 5.56 Å². The summed E-state index contributed by atoms with van der Waals surface area (Å²) >= 11 is 0. The molecule has 1 unspecified atom stereocenters. The summed E-state index contributed by atoms with van der Waals surface area (Å²) in [5, 5.41) is 7.84. The van der Waals surface area contributed by atoms with E-state index in [0.29, 0.717) is 17.9 Å². The molecule has 0 aliphatic carbocycles. The van der Waals surface area contributed by atoms with E-state index in [9.17, 15) is 13.2 Å². The first-order chi connectivity index (χ1) is 9.56. The normalized spacial score (nSPS) is 14.6. The molecule has 0 aromatic carbocycles. The first-order valence-corrected chi connectivity index (χ1v) is 6.73. The standard InChI is InChI=1S/C14H19F3N4/c1-13(2,3)7-10(18)6-12-20-19-11-5-4-9(8-21(11)12)14(15,16)17/h4-5,8,10H,6-7,18H2,1-3H3. The van der Waals surface area contributed by atoms with E-state index in [0.717, 1.165) is 18.7 Å². The second kappa shape index (κ2) is 5.29. The zero-order chi connectivity index (χ0) is 15.8. The van der Waals surface area contributed by atoms with E-state index in [1.807, 2.05) is 0 Å². The average molecular weight is 300 g/mol. The van der Waals surface area contributed by atoms with Gasteiger partial charge in [-0.2, -0.15) is 13.2 Å². The summed E-state index contributed by atoms with van der Waals surface area (Å²) in [5.41, 5.74) is 5.78. The SMILES string of the molecule is CC(C)(C)CC(N)Cc1nnc2ccc(C(F)(F)F)cn12. The van der Waals surface area contributed by atoms with Crippen molar-refractivity contribution < 1.29 is 13.2 Å². The molecule has 2 rings (SSSR count). The van der Waals surface area contributed by atoms with Gasteiger partial charge in [0.2, 0.25) is 0 Å². The highest BCUT2D eigenvalue weighted by Gasteiger charge is 2.31. The Morgan fingerprint density at radius 3 is 2.43 bits per heavy atom. The fourth-order valence-electron chi connectivity index (χ4n) is 2.34. The minimum absolute atomic E-state index is 0.0526. The molecular formula is C14H19F3N4. The fraction of sp³-hybridized carbons (Fsp3) is 0.571. The fourth-order valence-corrected chi connectivity index (χ4v) is 2.34. The van der Waals surface area contributed by atoms with Gasteiger partial charge in [0.25, 0.3) is 0 Å². The molecule has 2 heterocycles. The van der Waals surface area contributed by atoms with Gasteiger partial charge in [0, 0.05) is 18.7 Å². The Bertz CT molecular complexity index is 625. The van der Waals surface area contributed by atoms with E-state index < -0.39 is 11.7 Å². The van der Waals surface area contributed by atoms with Crippen LogP contribution in [-0.2, 0) is 12.6 Å². The quantitative estimate of drug-likeness (QED) is 0.948. The van der Waals surface area contributed by atoms with Gasteiger partial charge >= 0.3 is 6.18 Å². The number of hydrogen-bond acceptors (Lipinski definition) is 3. The van der Waals surface area contributed by atoms with Crippen LogP contribution in [0.1, 0.15) is 38.6 Å². The first-order valence-electron chi connectivity index (χ1n) is 6.73. The van der Waals surface area contributed by atoms with Crippen LogP contribution in [0.5, 0.6) is 0 Å². The maximum Gasteiger partial charge on any atom is 0.417 e. The number of rotatable bonds is 3. The predicted molar refractivity (Wildman–Crippen MR) is 73.7 cm³/mol. The van der Waals surface area contributed by atoms with Crippen LogP contribution in [0.3, 0.4) is 0 Å². The smallest absolute Gasteiger partial charge is 0.327 e.